The van der Waals surface area contributed by atoms with Gasteiger partial charge in [0, 0.05) is 6.54 Å². The minimum atomic E-state index is 0.736. The molecule has 0 bridgehead atoms. The topological polar surface area (TPSA) is 25.2 Å². The number of hydrogen-bond donors (Lipinski definition) is 1. The molecule has 78 valence electrons. The van der Waals surface area contributed by atoms with E-state index in [1.807, 2.05) is 12.1 Å². The first-order valence-electron chi connectivity index (χ1n) is 4.46. The Hall–Kier alpha value is -0.0600. The minimum Gasteiger partial charge on any atom is -0.449 e. The van der Waals surface area contributed by atoms with Gasteiger partial charge in [-0.1, -0.05) is 12.5 Å². The van der Waals surface area contributed by atoms with Crippen LogP contribution >= 0.6 is 31.9 Å². The van der Waals surface area contributed by atoms with Gasteiger partial charge in [-0.3, -0.25) is 0 Å². The van der Waals surface area contributed by atoms with Gasteiger partial charge >= 0.3 is 0 Å². The number of hydrogen-bond acceptors (Lipinski definition) is 2. The fourth-order valence-corrected chi connectivity index (χ4v) is 1.66. The Morgan fingerprint density at radius 1 is 1.57 bits per heavy atom. The highest BCUT2D eigenvalue weighted by atomic mass is 79.9. The molecule has 1 rings (SSSR count). The third-order valence-corrected chi connectivity index (χ3v) is 3.42. The van der Waals surface area contributed by atoms with Crippen LogP contribution in [0.15, 0.2) is 25.2 Å². The van der Waals surface area contributed by atoms with Crippen molar-refractivity contribution in [2.45, 2.75) is 13.8 Å². The van der Waals surface area contributed by atoms with E-state index in [4.69, 9.17) is 4.42 Å². The van der Waals surface area contributed by atoms with Crippen LogP contribution in [0, 0.1) is 0 Å². The van der Waals surface area contributed by atoms with E-state index in [0.717, 1.165) is 28.0 Å². The van der Waals surface area contributed by atoms with Crippen molar-refractivity contribution in [2.75, 3.05) is 13.1 Å². The molecule has 0 spiro atoms. The smallest absolute Gasteiger partial charge is 0.184 e. The summed E-state index contributed by atoms with van der Waals surface area (Å²) < 4.78 is 7.11. The molecule has 0 saturated heterocycles. The molecule has 0 aliphatic heterocycles. The standard InChI is InChI=1S/C10H13Br2NO/c1-3-13-6-7(2)4-8-5-9(11)10(12)14-8/h4-5,13H,3,6H2,1-2H3. The summed E-state index contributed by atoms with van der Waals surface area (Å²) in [5.74, 6) is 0.860. The number of halogens is 2. The van der Waals surface area contributed by atoms with Crippen molar-refractivity contribution in [2.24, 2.45) is 0 Å². The van der Waals surface area contributed by atoms with Gasteiger partial charge in [0.15, 0.2) is 4.67 Å². The molecule has 4 heteroatoms. The summed E-state index contributed by atoms with van der Waals surface area (Å²) in [5.41, 5.74) is 1.25. The van der Waals surface area contributed by atoms with Crippen LogP contribution in [0.1, 0.15) is 19.6 Å². The Bertz CT molecular complexity index is 311. The van der Waals surface area contributed by atoms with Gasteiger partial charge in [-0.25, -0.2) is 0 Å². The maximum atomic E-state index is 5.43. The van der Waals surface area contributed by atoms with Crippen molar-refractivity contribution in [1.29, 1.82) is 0 Å². The van der Waals surface area contributed by atoms with E-state index >= 15 is 0 Å². The molecule has 1 aromatic rings. The lowest BCUT2D eigenvalue weighted by Gasteiger charge is -1.99. The van der Waals surface area contributed by atoms with E-state index in [9.17, 15) is 0 Å². The molecule has 0 radical (unpaired) electrons. The van der Waals surface area contributed by atoms with Crippen LogP contribution in [0.3, 0.4) is 0 Å². The predicted octanol–water partition coefficient (Wildman–Crippen LogP) is 3.82. The lowest BCUT2D eigenvalue weighted by atomic mass is 10.2. The Morgan fingerprint density at radius 3 is 2.79 bits per heavy atom. The average molecular weight is 323 g/mol. The third-order valence-electron chi connectivity index (χ3n) is 1.71. The van der Waals surface area contributed by atoms with Crippen molar-refractivity contribution in [3.05, 3.63) is 26.5 Å². The third kappa shape index (κ3) is 3.59. The summed E-state index contributed by atoms with van der Waals surface area (Å²) in [5, 5.41) is 3.26. The van der Waals surface area contributed by atoms with E-state index in [0.29, 0.717) is 0 Å². The van der Waals surface area contributed by atoms with E-state index < -0.39 is 0 Å². The van der Waals surface area contributed by atoms with Crippen LogP contribution in [0.25, 0.3) is 6.08 Å². The van der Waals surface area contributed by atoms with Crippen LogP contribution in [0.2, 0.25) is 0 Å². The summed E-state index contributed by atoms with van der Waals surface area (Å²) in [4.78, 5) is 0. The first kappa shape index (κ1) is 12.0. The number of furan rings is 1. The average Bonchev–Trinajstić information content (AvgIpc) is 2.42. The molecule has 0 aliphatic rings. The normalized spacial score (nSPS) is 12.1. The second kappa shape index (κ2) is 5.73. The summed E-state index contributed by atoms with van der Waals surface area (Å²) >= 11 is 6.67. The molecule has 0 unspecified atom stereocenters. The van der Waals surface area contributed by atoms with Gasteiger partial charge in [0.25, 0.3) is 0 Å². The SMILES string of the molecule is CCNCC(C)=Cc1cc(Br)c(Br)o1. The molecular weight excluding hydrogens is 310 g/mol. The van der Waals surface area contributed by atoms with Gasteiger partial charge in [-0.15, -0.1) is 0 Å². The number of rotatable bonds is 4. The Morgan fingerprint density at radius 2 is 2.29 bits per heavy atom. The Kier molecular flexibility index (Phi) is 4.92. The highest BCUT2D eigenvalue weighted by Gasteiger charge is 2.03. The molecule has 1 heterocycles. The van der Waals surface area contributed by atoms with Crippen molar-refractivity contribution in [3.63, 3.8) is 0 Å². The van der Waals surface area contributed by atoms with Gasteiger partial charge in [0.05, 0.1) is 4.47 Å². The molecule has 1 aromatic heterocycles. The zero-order valence-corrected chi connectivity index (χ0v) is 11.4. The van der Waals surface area contributed by atoms with Crippen molar-refractivity contribution < 1.29 is 4.42 Å². The van der Waals surface area contributed by atoms with Crippen LogP contribution < -0.4 is 5.32 Å². The lowest BCUT2D eigenvalue weighted by molar-refractivity contribution is 0.529. The fourth-order valence-electron chi connectivity index (χ4n) is 1.05. The molecule has 0 fully saturated rings. The first-order chi connectivity index (χ1) is 6.63. The first-order valence-corrected chi connectivity index (χ1v) is 6.04. The molecule has 0 saturated carbocycles. The Balaban J connectivity index is 2.66. The number of nitrogens with one attached hydrogen (secondary N) is 1. The quantitative estimate of drug-likeness (QED) is 0.911. The molecule has 0 atom stereocenters. The molecule has 0 aliphatic carbocycles. The zero-order chi connectivity index (χ0) is 10.6. The van der Waals surface area contributed by atoms with Crippen LogP contribution in [-0.2, 0) is 0 Å². The van der Waals surface area contributed by atoms with Crippen LogP contribution in [0.5, 0.6) is 0 Å². The molecule has 1 N–H and O–H groups in total. The van der Waals surface area contributed by atoms with Crippen LogP contribution in [0.4, 0.5) is 0 Å². The van der Waals surface area contributed by atoms with Crippen LogP contribution in [-0.4, -0.2) is 13.1 Å². The van der Waals surface area contributed by atoms with Gasteiger partial charge in [0.1, 0.15) is 5.76 Å². The predicted molar refractivity (Wildman–Crippen MR) is 66.3 cm³/mol. The number of likely N-dealkylation sites (N-methyl/N-ethyl adjacent to an activating group) is 1. The monoisotopic (exact) mass is 321 g/mol. The maximum Gasteiger partial charge on any atom is 0.184 e. The van der Waals surface area contributed by atoms with E-state index in [2.05, 4.69) is 51.0 Å². The lowest BCUT2D eigenvalue weighted by Crippen LogP contribution is -2.14. The van der Waals surface area contributed by atoms with E-state index in [1.165, 1.54) is 5.57 Å². The maximum absolute atomic E-state index is 5.43. The highest BCUT2D eigenvalue weighted by Crippen LogP contribution is 2.27. The van der Waals surface area contributed by atoms with Gasteiger partial charge in [-0.2, -0.15) is 0 Å². The minimum absolute atomic E-state index is 0.736. The summed E-state index contributed by atoms with van der Waals surface area (Å²) in [6, 6.07) is 1.94. The van der Waals surface area contributed by atoms with Crippen molar-refractivity contribution in [3.8, 4) is 0 Å². The fraction of sp³-hybridized carbons (Fsp3) is 0.400. The van der Waals surface area contributed by atoms with Crippen molar-refractivity contribution >= 4 is 37.9 Å². The second-order valence-corrected chi connectivity index (χ2v) is 4.62. The molecule has 2 nitrogen and oxygen atoms in total. The summed E-state index contributed by atoms with van der Waals surface area (Å²) in [6.45, 7) is 6.05. The van der Waals surface area contributed by atoms with Gasteiger partial charge in [0.2, 0.25) is 0 Å². The summed E-state index contributed by atoms with van der Waals surface area (Å²) in [7, 11) is 0. The van der Waals surface area contributed by atoms with E-state index in [-0.39, 0.29) is 0 Å². The van der Waals surface area contributed by atoms with Crippen molar-refractivity contribution in [1.82, 2.24) is 5.32 Å². The van der Waals surface area contributed by atoms with E-state index in [1.54, 1.807) is 0 Å². The zero-order valence-electron chi connectivity index (χ0n) is 8.23. The highest BCUT2D eigenvalue weighted by molar-refractivity contribution is 9.13. The van der Waals surface area contributed by atoms with Gasteiger partial charge < -0.3 is 9.73 Å². The van der Waals surface area contributed by atoms with Gasteiger partial charge in [-0.05, 0) is 57.5 Å². The second-order valence-electron chi connectivity index (χ2n) is 3.04. The molecule has 0 aromatic carbocycles. The molecular formula is C10H13Br2NO. The molecule has 0 amide bonds. The molecule has 14 heavy (non-hydrogen) atoms. The largest absolute Gasteiger partial charge is 0.449 e. The Labute approximate surface area is 101 Å². The summed E-state index contributed by atoms with van der Waals surface area (Å²) in [6.07, 6.45) is 2.03.